The second kappa shape index (κ2) is 8.07. The largest absolute Gasteiger partial charge is 0.481 e. The zero-order chi connectivity index (χ0) is 19.4. The molecule has 2 aromatic rings. The lowest BCUT2D eigenvalue weighted by atomic mass is 10.0. The first-order chi connectivity index (χ1) is 13.0. The molecular weight excluding hydrogens is 350 g/mol. The molecule has 3 rings (SSSR count). The van der Waals surface area contributed by atoms with Gasteiger partial charge in [0.1, 0.15) is 11.4 Å². The third-order valence-electron chi connectivity index (χ3n) is 4.58. The van der Waals surface area contributed by atoms with Crippen LogP contribution in [0.3, 0.4) is 0 Å². The van der Waals surface area contributed by atoms with Gasteiger partial charge in [-0.1, -0.05) is 0 Å². The molecule has 1 aliphatic rings. The summed E-state index contributed by atoms with van der Waals surface area (Å²) in [6.45, 7) is 1.49. The molecule has 0 aromatic carbocycles. The van der Waals surface area contributed by atoms with Crippen LogP contribution in [0, 0.1) is 0 Å². The van der Waals surface area contributed by atoms with Crippen molar-refractivity contribution in [3.05, 3.63) is 40.2 Å². The van der Waals surface area contributed by atoms with Gasteiger partial charge in [0.2, 0.25) is 11.8 Å². The third-order valence-corrected chi connectivity index (χ3v) is 4.58. The second-order valence-corrected chi connectivity index (χ2v) is 6.30. The fourth-order valence-corrected chi connectivity index (χ4v) is 3.04. The Kier molecular flexibility index (Phi) is 5.58. The zero-order valence-electron chi connectivity index (χ0n) is 15.6. The Morgan fingerprint density at radius 2 is 1.89 bits per heavy atom. The van der Waals surface area contributed by atoms with Gasteiger partial charge in [0, 0.05) is 38.3 Å². The lowest BCUT2D eigenvalue weighted by Gasteiger charge is -2.33. The van der Waals surface area contributed by atoms with Gasteiger partial charge in [-0.05, 0) is 25.0 Å². The van der Waals surface area contributed by atoms with Crippen molar-refractivity contribution < 1.29 is 14.3 Å². The van der Waals surface area contributed by atoms with Crippen molar-refractivity contribution in [1.29, 1.82) is 0 Å². The van der Waals surface area contributed by atoms with E-state index >= 15 is 0 Å². The summed E-state index contributed by atoms with van der Waals surface area (Å²) in [7, 11) is 4.61. The molecule has 0 bridgehead atoms. The number of anilines is 1. The van der Waals surface area contributed by atoms with Crippen molar-refractivity contribution in [3.8, 4) is 11.8 Å². The molecule has 0 spiro atoms. The van der Waals surface area contributed by atoms with Crippen molar-refractivity contribution in [1.82, 2.24) is 20.1 Å². The fourth-order valence-electron chi connectivity index (χ4n) is 3.04. The van der Waals surface area contributed by atoms with E-state index in [2.05, 4.69) is 20.3 Å². The summed E-state index contributed by atoms with van der Waals surface area (Å²) in [5.41, 5.74) is 0.239. The summed E-state index contributed by atoms with van der Waals surface area (Å²) in [5, 5.41) is 7.31. The molecule has 0 radical (unpaired) electrons. The van der Waals surface area contributed by atoms with Gasteiger partial charge in [-0.2, -0.15) is 10.1 Å². The maximum absolute atomic E-state index is 12.6. The molecule has 1 amide bonds. The number of pyridine rings is 1. The topological polar surface area (TPSA) is 98.6 Å². The molecule has 1 aliphatic heterocycles. The molecule has 0 atom stereocenters. The first kappa shape index (κ1) is 18.7. The first-order valence-electron chi connectivity index (χ1n) is 8.71. The monoisotopic (exact) mass is 373 g/mol. The Hall–Kier alpha value is -3.10. The van der Waals surface area contributed by atoms with Crippen LogP contribution in [-0.4, -0.2) is 54.0 Å². The summed E-state index contributed by atoms with van der Waals surface area (Å²) >= 11 is 0. The molecular formula is C18H23N5O4. The number of carbonyl (C=O) groups excluding carboxylic acids is 1. The molecule has 1 saturated heterocycles. The van der Waals surface area contributed by atoms with E-state index in [9.17, 15) is 9.59 Å². The normalized spacial score (nSPS) is 14.7. The number of nitrogens with one attached hydrogen (secondary N) is 1. The van der Waals surface area contributed by atoms with Crippen molar-refractivity contribution in [2.75, 3.05) is 32.2 Å². The van der Waals surface area contributed by atoms with Crippen LogP contribution < -0.4 is 25.2 Å². The summed E-state index contributed by atoms with van der Waals surface area (Å²) in [5.74, 6) is 1.17. The van der Waals surface area contributed by atoms with Crippen molar-refractivity contribution in [2.45, 2.75) is 18.9 Å². The lowest BCUT2D eigenvalue weighted by molar-refractivity contribution is 0.0927. The summed E-state index contributed by atoms with van der Waals surface area (Å²) in [6.07, 6.45) is 1.56. The maximum atomic E-state index is 12.6. The summed E-state index contributed by atoms with van der Waals surface area (Å²) in [6, 6.07) is 6.57. The predicted octanol–water partition coefficient (Wildman–Crippen LogP) is 0.591. The van der Waals surface area contributed by atoms with Gasteiger partial charge in [-0.25, -0.2) is 4.68 Å². The number of nitrogens with zero attached hydrogens (tertiary/aromatic N) is 4. The van der Waals surface area contributed by atoms with Crippen LogP contribution in [0.5, 0.6) is 11.8 Å². The van der Waals surface area contributed by atoms with Crippen LogP contribution >= 0.6 is 0 Å². The van der Waals surface area contributed by atoms with E-state index in [4.69, 9.17) is 9.47 Å². The van der Waals surface area contributed by atoms with Crippen LogP contribution in [0.15, 0.2) is 29.1 Å². The molecule has 144 valence electrons. The van der Waals surface area contributed by atoms with Crippen LogP contribution in [-0.2, 0) is 7.05 Å². The summed E-state index contributed by atoms with van der Waals surface area (Å²) in [4.78, 5) is 30.3. The number of amides is 1. The molecule has 2 aromatic heterocycles. The highest BCUT2D eigenvalue weighted by molar-refractivity contribution is 5.96. The molecule has 9 nitrogen and oxygen atoms in total. The minimum atomic E-state index is -0.222. The minimum absolute atomic E-state index is 0.0492. The van der Waals surface area contributed by atoms with Crippen LogP contribution in [0.25, 0.3) is 0 Å². The van der Waals surface area contributed by atoms with Gasteiger partial charge >= 0.3 is 0 Å². The number of hydrogen-bond acceptors (Lipinski definition) is 7. The van der Waals surface area contributed by atoms with Crippen molar-refractivity contribution in [3.63, 3.8) is 0 Å². The molecule has 3 heterocycles. The van der Waals surface area contributed by atoms with Gasteiger partial charge in [-0.15, -0.1) is 0 Å². The van der Waals surface area contributed by atoms with E-state index in [0.717, 1.165) is 31.7 Å². The van der Waals surface area contributed by atoms with Crippen molar-refractivity contribution >= 4 is 11.7 Å². The Labute approximate surface area is 156 Å². The van der Waals surface area contributed by atoms with Crippen LogP contribution in [0.1, 0.15) is 23.2 Å². The fraction of sp³-hybridized carbons (Fsp3) is 0.444. The highest BCUT2D eigenvalue weighted by Gasteiger charge is 2.24. The molecule has 9 heteroatoms. The van der Waals surface area contributed by atoms with E-state index in [0.29, 0.717) is 11.4 Å². The van der Waals surface area contributed by atoms with E-state index in [1.165, 1.54) is 25.0 Å². The SMILES string of the molecule is COc1ccc(C(=O)NC2CCN(c3ccc(=O)n(C)n3)CC2)c(OC)n1. The van der Waals surface area contributed by atoms with E-state index in [1.54, 1.807) is 25.2 Å². The maximum Gasteiger partial charge on any atom is 0.266 e. The average Bonchev–Trinajstić information content (AvgIpc) is 2.70. The van der Waals surface area contributed by atoms with Gasteiger partial charge in [-0.3, -0.25) is 9.59 Å². The van der Waals surface area contributed by atoms with E-state index in [-0.39, 0.29) is 23.4 Å². The van der Waals surface area contributed by atoms with Gasteiger partial charge in [0.25, 0.3) is 11.5 Å². The number of rotatable bonds is 5. The smallest absolute Gasteiger partial charge is 0.266 e. The Balaban J connectivity index is 1.61. The molecule has 0 unspecified atom stereocenters. The van der Waals surface area contributed by atoms with Crippen LogP contribution in [0.2, 0.25) is 0 Å². The molecule has 1 fully saturated rings. The van der Waals surface area contributed by atoms with Gasteiger partial charge < -0.3 is 19.7 Å². The van der Waals surface area contributed by atoms with Crippen molar-refractivity contribution in [2.24, 2.45) is 7.05 Å². The zero-order valence-corrected chi connectivity index (χ0v) is 15.6. The number of piperidine rings is 1. The number of hydrogen-bond donors (Lipinski definition) is 1. The quantitative estimate of drug-likeness (QED) is 0.819. The molecule has 27 heavy (non-hydrogen) atoms. The molecule has 1 N–H and O–H groups in total. The Bertz CT molecular complexity index is 874. The average molecular weight is 373 g/mol. The highest BCUT2D eigenvalue weighted by Crippen LogP contribution is 2.21. The second-order valence-electron chi connectivity index (χ2n) is 6.30. The first-order valence-corrected chi connectivity index (χ1v) is 8.71. The van der Waals surface area contributed by atoms with E-state index < -0.39 is 0 Å². The van der Waals surface area contributed by atoms with Gasteiger partial charge in [0.15, 0.2) is 0 Å². The Morgan fingerprint density at radius 3 is 2.52 bits per heavy atom. The number of ether oxygens (including phenoxy) is 2. The predicted molar refractivity (Wildman–Crippen MR) is 99.5 cm³/mol. The standard InChI is InChI=1S/C18H23N5O4/c1-22-16(24)7-5-14(21-22)23-10-8-12(9-11-23)19-17(25)13-4-6-15(26-2)20-18(13)27-3/h4-7,12H,8-11H2,1-3H3,(H,19,25). The number of aryl methyl sites for hydroxylation is 1. The molecule has 0 aliphatic carbocycles. The minimum Gasteiger partial charge on any atom is -0.481 e. The van der Waals surface area contributed by atoms with Gasteiger partial charge in [0.05, 0.1) is 14.2 Å². The number of carbonyl (C=O) groups is 1. The third kappa shape index (κ3) is 4.18. The molecule has 0 saturated carbocycles. The van der Waals surface area contributed by atoms with Crippen LogP contribution in [0.4, 0.5) is 5.82 Å². The van der Waals surface area contributed by atoms with E-state index in [1.807, 2.05) is 0 Å². The lowest BCUT2D eigenvalue weighted by Crippen LogP contribution is -2.45. The Morgan fingerprint density at radius 1 is 1.15 bits per heavy atom. The highest BCUT2D eigenvalue weighted by atomic mass is 16.5. The number of methoxy groups -OCH3 is 2. The summed E-state index contributed by atoms with van der Waals surface area (Å²) < 4.78 is 11.6. The number of aromatic nitrogens is 3.